The first-order valence-corrected chi connectivity index (χ1v) is 7.51. The fourth-order valence-corrected chi connectivity index (χ4v) is 3.28. The monoisotopic (exact) mass is 292 g/mol. The molecule has 0 aromatic rings. The van der Waals surface area contributed by atoms with E-state index in [9.17, 15) is 9.59 Å². The Labute approximate surface area is 126 Å². The Hall–Kier alpha value is -1.58. The maximum absolute atomic E-state index is 12.0. The number of esters is 2. The maximum atomic E-state index is 12.0. The Morgan fingerprint density at radius 2 is 2.05 bits per heavy atom. The quantitative estimate of drug-likeness (QED) is 0.444. The molecule has 0 N–H and O–H groups in total. The summed E-state index contributed by atoms with van der Waals surface area (Å²) in [5.74, 6) is 0.367. The van der Waals surface area contributed by atoms with Gasteiger partial charge in [-0.2, -0.15) is 0 Å². The summed E-state index contributed by atoms with van der Waals surface area (Å²) < 4.78 is 10.8. The van der Waals surface area contributed by atoms with E-state index in [2.05, 4.69) is 18.7 Å². The molecule has 0 aromatic carbocycles. The van der Waals surface area contributed by atoms with Gasteiger partial charge < -0.3 is 9.47 Å². The van der Waals surface area contributed by atoms with E-state index in [0.717, 1.165) is 18.9 Å². The van der Waals surface area contributed by atoms with E-state index >= 15 is 0 Å². The normalized spacial score (nSPS) is 28.2. The molecule has 0 saturated heterocycles. The van der Waals surface area contributed by atoms with Crippen molar-refractivity contribution in [1.29, 1.82) is 0 Å². The molecule has 0 aromatic heterocycles. The van der Waals surface area contributed by atoms with Crippen LogP contribution in [0.25, 0.3) is 0 Å². The number of ether oxygens (including phenoxy) is 2. The molecule has 4 atom stereocenters. The molecule has 2 rings (SSSR count). The molecule has 2 aliphatic rings. The molecule has 0 radical (unpaired) electrons. The van der Waals surface area contributed by atoms with Crippen LogP contribution in [0, 0.1) is 17.8 Å². The van der Waals surface area contributed by atoms with Crippen molar-refractivity contribution >= 4 is 11.9 Å². The summed E-state index contributed by atoms with van der Waals surface area (Å²) in [6.45, 7) is 8.91. The van der Waals surface area contributed by atoms with E-state index in [4.69, 9.17) is 9.47 Å². The topological polar surface area (TPSA) is 52.6 Å². The number of hydrogen-bond donors (Lipinski definition) is 0. The molecule has 2 aliphatic carbocycles. The van der Waals surface area contributed by atoms with E-state index < -0.39 is 17.7 Å². The zero-order valence-electron chi connectivity index (χ0n) is 13.0. The molecule has 116 valence electrons. The van der Waals surface area contributed by atoms with Gasteiger partial charge in [-0.15, -0.1) is 0 Å². The van der Waals surface area contributed by atoms with Crippen LogP contribution in [-0.2, 0) is 19.1 Å². The SMILES string of the molecule is C=CC(=O)OC(CC(=O)OC(C)(C)C)C1CC2C=CC1C2. The molecule has 4 unspecified atom stereocenters. The molecule has 0 aliphatic heterocycles. The first-order valence-electron chi connectivity index (χ1n) is 7.51. The van der Waals surface area contributed by atoms with Crippen molar-refractivity contribution in [3.63, 3.8) is 0 Å². The van der Waals surface area contributed by atoms with Crippen LogP contribution in [0.3, 0.4) is 0 Å². The minimum absolute atomic E-state index is 0.110. The van der Waals surface area contributed by atoms with Crippen molar-refractivity contribution in [2.45, 2.75) is 51.7 Å². The van der Waals surface area contributed by atoms with Gasteiger partial charge in [-0.3, -0.25) is 4.79 Å². The third-order valence-electron chi connectivity index (χ3n) is 4.03. The molecule has 4 heteroatoms. The zero-order chi connectivity index (χ0) is 15.6. The minimum Gasteiger partial charge on any atom is -0.460 e. The van der Waals surface area contributed by atoms with Gasteiger partial charge in [0.15, 0.2) is 0 Å². The van der Waals surface area contributed by atoms with E-state index in [-0.39, 0.29) is 18.3 Å². The van der Waals surface area contributed by atoms with Gasteiger partial charge in [-0.05, 0) is 45.4 Å². The summed E-state index contributed by atoms with van der Waals surface area (Å²) >= 11 is 0. The van der Waals surface area contributed by atoms with Gasteiger partial charge in [0, 0.05) is 12.0 Å². The average molecular weight is 292 g/mol. The van der Waals surface area contributed by atoms with Gasteiger partial charge in [0.2, 0.25) is 0 Å². The first-order chi connectivity index (χ1) is 9.78. The lowest BCUT2D eigenvalue weighted by Gasteiger charge is -2.28. The predicted molar refractivity (Wildman–Crippen MR) is 79.4 cm³/mol. The van der Waals surface area contributed by atoms with Gasteiger partial charge in [-0.25, -0.2) is 4.79 Å². The van der Waals surface area contributed by atoms with E-state index in [0.29, 0.717) is 11.8 Å². The van der Waals surface area contributed by atoms with Gasteiger partial charge in [-0.1, -0.05) is 18.7 Å². The highest BCUT2D eigenvalue weighted by molar-refractivity contribution is 5.81. The van der Waals surface area contributed by atoms with Crippen LogP contribution in [-0.4, -0.2) is 23.6 Å². The molecule has 21 heavy (non-hydrogen) atoms. The standard InChI is InChI=1S/C17H24O4/c1-5-15(18)20-14(10-16(19)21-17(2,3)4)13-9-11-6-7-12(13)8-11/h5-7,11-14H,1,8-10H2,2-4H3. The van der Waals surface area contributed by atoms with Crippen LogP contribution in [0.5, 0.6) is 0 Å². The van der Waals surface area contributed by atoms with Gasteiger partial charge in [0.05, 0.1) is 6.42 Å². The molecular formula is C17H24O4. The second-order valence-corrected chi connectivity index (χ2v) is 6.91. The Morgan fingerprint density at radius 3 is 2.52 bits per heavy atom. The smallest absolute Gasteiger partial charge is 0.330 e. The molecule has 0 spiro atoms. The highest BCUT2D eigenvalue weighted by atomic mass is 16.6. The van der Waals surface area contributed by atoms with Crippen LogP contribution in [0.15, 0.2) is 24.8 Å². The van der Waals surface area contributed by atoms with Gasteiger partial charge in [0.1, 0.15) is 11.7 Å². The Morgan fingerprint density at radius 1 is 1.33 bits per heavy atom. The molecule has 1 fully saturated rings. The van der Waals surface area contributed by atoms with E-state index in [1.165, 1.54) is 0 Å². The van der Waals surface area contributed by atoms with Crippen molar-refractivity contribution in [3.8, 4) is 0 Å². The predicted octanol–water partition coefficient (Wildman–Crippen LogP) is 3.03. The lowest BCUT2D eigenvalue weighted by atomic mass is 9.87. The molecular weight excluding hydrogens is 268 g/mol. The fourth-order valence-electron chi connectivity index (χ4n) is 3.28. The number of fused-ring (bicyclic) bond motifs is 2. The van der Waals surface area contributed by atoms with Crippen molar-refractivity contribution in [2.24, 2.45) is 17.8 Å². The molecule has 0 amide bonds. The summed E-state index contributed by atoms with van der Waals surface area (Å²) in [4.78, 5) is 23.6. The summed E-state index contributed by atoms with van der Waals surface area (Å²) in [7, 11) is 0. The summed E-state index contributed by atoms with van der Waals surface area (Å²) in [5, 5.41) is 0. The Kier molecular flexibility index (Phi) is 4.55. The van der Waals surface area contributed by atoms with Crippen LogP contribution in [0.1, 0.15) is 40.0 Å². The highest BCUT2D eigenvalue weighted by Gasteiger charge is 2.42. The van der Waals surface area contributed by atoms with Crippen molar-refractivity contribution in [3.05, 3.63) is 24.8 Å². The van der Waals surface area contributed by atoms with Crippen LogP contribution in [0.4, 0.5) is 0 Å². The van der Waals surface area contributed by atoms with E-state index in [1.54, 1.807) is 0 Å². The van der Waals surface area contributed by atoms with Crippen molar-refractivity contribution < 1.29 is 19.1 Å². The van der Waals surface area contributed by atoms with Crippen LogP contribution >= 0.6 is 0 Å². The Bertz CT molecular complexity index is 458. The number of carbonyl (C=O) groups excluding carboxylic acids is 2. The lowest BCUT2D eigenvalue weighted by molar-refractivity contribution is -0.162. The maximum Gasteiger partial charge on any atom is 0.330 e. The Balaban J connectivity index is 2.02. The summed E-state index contributed by atoms with van der Waals surface area (Å²) in [6, 6.07) is 0. The summed E-state index contributed by atoms with van der Waals surface area (Å²) in [6.07, 6.45) is 7.30. The lowest BCUT2D eigenvalue weighted by Crippen LogP contribution is -2.34. The highest BCUT2D eigenvalue weighted by Crippen LogP contribution is 2.46. The first kappa shape index (κ1) is 15.8. The van der Waals surface area contributed by atoms with Gasteiger partial charge in [0.25, 0.3) is 0 Å². The largest absolute Gasteiger partial charge is 0.460 e. The minimum atomic E-state index is -0.529. The number of allylic oxidation sites excluding steroid dienone is 2. The van der Waals surface area contributed by atoms with Gasteiger partial charge >= 0.3 is 11.9 Å². The van der Waals surface area contributed by atoms with Crippen molar-refractivity contribution in [1.82, 2.24) is 0 Å². The molecule has 0 heterocycles. The average Bonchev–Trinajstić information content (AvgIpc) is 2.97. The second kappa shape index (κ2) is 6.04. The van der Waals surface area contributed by atoms with E-state index in [1.807, 2.05) is 20.8 Å². The molecule has 1 saturated carbocycles. The number of rotatable bonds is 5. The molecule has 2 bridgehead atoms. The number of carbonyl (C=O) groups is 2. The third kappa shape index (κ3) is 4.19. The fraction of sp³-hybridized carbons (Fsp3) is 0.647. The van der Waals surface area contributed by atoms with Crippen LogP contribution in [0.2, 0.25) is 0 Å². The van der Waals surface area contributed by atoms with Crippen LogP contribution < -0.4 is 0 Å². The zero-order valence-corrected chi connectivity index (χ0v) is 13.0. The number of hydrogen-bond acceptors (Lipinski definition) is 4. The summed E-state index contributed by atoms with van der Waals surface area (Å²) in [5.41, 5.74) is -0.529. The molecule has 4 nitrogen and oxygen atoms in total. The third-order valence-corrected chi connectivity index (χ3v) is 4.03. The van der Waals surface area contributed by atoms with Crippen molar-refractivity contribution in [2.75, 3.05) is 0 Å². The second-order valence-electron chi connectivity index (χ2n) is 6.91.